The van der Waals surface area contributed by atoms with E-state index in [2.05, 4.69) is 44.0 Å². The van der Waals surface area contributed by atoms with Crippen LogP contribution in [0.5, 0.6) is 0 Å². The topological polar surface area (TPSA) is 38.5 Å². The van der Waals surface area contributed by atoms with Gasteiger partial charge in [-0.25, -0.2) is 0 Å². The van der Waals surface area contributed by atoms with Gasteiger partial charge in [0.2, 0.25) is 0 Å². The van der Waals surface area contributed by atoms with Crippen LogP contribution in [-0.2, 0) is 4.74 Å². The SMILES string of the molecule is CCOCCN(C)C(CN)c1ccc(C)c(C)c1. The number of benzene rings is 1. The van der Waals surface area contributed by atoms with Crippen molar-refractivity contribution in [3.63, 3.8) is 0 Å². The molecule has 1 unspecified atom stereocenters. The largest absolute Gasteiger partial charge is 0.380 e. The fraction of sp³-hybridized carbons (Fsp3) is 0.600. The smallest absolute Gasteiger partial charge is 0.0593 e. The van der Waals surface area contributed by atoms with Crippen LogP contribution < -0.4 is 5.73 Å². The molecule has 3 nitrogen and oxygen atoms in total. The van der Waals surface area contributed by atoms with Gasteiger partial charge in [-0.05, 0) is 44.5 Å². The summed E-state index contributed by atoms with van der Waals surface area (Å²) in [4.78, 5) is 2.26. The highest BCUT2D eigenvalue weighted by Crippen LogP contribution is 2.20. The first-order valence-corrected chi connectivity index (χ1v) is 6.65. The summed E-state index contributed by atoms with van der Waals surface area (Å²) in [5, 5.41) is 0. The second-order valence-electron chi connectivity index (χ2n) is 4.77. The Morgan fingerprint density at radius 2 is 2.00 bits per heavy atom. The second-order valence-corrected chi connectivity index (χ2v) is 4.77. The van der Waals surface area contributed by atoms with E-state index in [1.54, 1.807) is 0 Å². The minimum absolute atomic E-state index is 0.268. The molecular formula is C15H26N2O. The molecule has 0 heterocycles. The third kappa shape index (κ3) is 4.09. The van der Waals surface area contributed by atoms with E-state index >= 15 is 0 Å². The van der Waals surface area contributed by atoms with E-state index in [4.69, 9.17) is 10.5 Å². The van der Waals surface area contributed by atoms with Crippen molar-refractivity contribution in [1.29, 1.82) is 0 Å². The molecule has 1 rings (SSSR count). The van der Waals surface area contributed by atoms with Crippen molar-refractivity contribution >= 4 is 0 Å². The van der Waals surface area contributed by atoms with Gasteiger partial charge in [0.05, 0.1) is 6.61 Å². The lowest BCUT2D eigenvalue weighted by Crippen LogP contribution is -2.33. The summed E-state index contributed by atoms with van der Waals surface area (Å²) >= 11 is 0. The predicted octanol–water partition coefficient (Wildman–Crippen LogP) is 2.27. The summed E-state index contributed by atoms with van der Waals surface area (Å²) in [6, 6.07) is 6.86. The predicted molar refractivity (Wildman–Crippen MR) is 76.8 cm³/mol. The zero-order valence-corrected chi connectivity index (χ0v) is 12.1. The summed E-state index contributed by atoms with van der Waals surface area (Å²) in [6.07, 6.45) is 0. The maximum Gasteiger partial charge on any atom is 0.0593 e. The molecule has 0 amide bonds. The maximum absolute atomic E-state index is 5.92. The van der Waals surface area contributed by atoms with Gasteiger partial charge in [-0.15, -0.1) is 0 Å². The molecule has 0 radical (unpaired) electrons. The Balaban J connectivity index is 2.72. The quantitative estimate of drug-likeness (QED) is 0.755. The molecule has 0 aliphatic heterocycles. The molecule has 0 aromatic heterocycles. The fourth-order valence-corrected chi connectivity index (χ4v) is 2.05. The molecule has 0 fully saturated rings. The van der Waals surface area contributed by atoms with Gasteiger partial charge in [0.1, 0.15) is 0 Å². The Hall–Kier alpha value is -0.900. The van der Waals surface area contributed by atoms with E-state index in [9.17, 15) is 0 Å². The van der Waals surface area contributed by atoms with Gasteiger partial charge in [0, 0.05) is 25.7 Å². The second kappa shape index (κ2) is 7.52. The average Bonchev–Trinajstić information content (AvgIpc) is 2.35. The van der Waals surface area contributed by atoms with E-state index in [0.29, 0.717) is 6.54 Å². The molecule has 0 spiro atoms. The lowest BCUT2D eigenvalue weighted by molar-refractivity contribution is 0.108. The van der Waals surface area contributed by atoms with Crippen LogP contribution in [0.1, 0.15) is 29.7 Å². The highest BCUT2D eigenvalue weighted by atomic mass is 16.5. The van der Waals surface area contributed by atoms with E-state index in [1.165, 1.54) is 16.7 Å². The van der Waals surface area contributed by atoms with Crippen molar-refractivity contribution in [1.82, 2.24) is 4.90 Å². The third-order valence-corrected chi connectivity index (χ3v) is 3.46. The number of nitrogens with zero attached hydrogens (tertiary/aromatic N) is 1. The molecule has 3 heteroatoms. The number of hydrogen-bond donors (Lipinski definition) is 1. The van der Waals surface area contributed by atoms with Crippen LogP contribution in [-0.4, -0.2) is 38.3 Å². The van der Waals surface area contributed by atoms with Crippen molar-refractivity contribution in [3.8, 4) is 0 Å². The fourth-order valence-electron chi connectivity index (χ4n) is 2.05. The highest BCUT2D eigenvalue weighted by Gasteiger charge is 2.15. The Kier molecular flexibility index (Phi) is 6.33. The monoisotopic (exact) mass is 250 g/mol. The number of aryl methyl sites for hydroxylation is 2. The van der Waals surface area contributed by atoms with E-state index < -0.39 is 0 Å². The van der Waals surface area contributed by atoms with E-state index in [0.717, 1.165) is 19.8 Å². The molecule has 0 bridgehead atoms. The molecule has 102 valence electrons. The molecule has 1 aromatic rings. The summed E-state index contributed by atoms with van der Waals surface area (Å²) in [7, 11) is 2.10. The number of nitrogens with two attached hydrogens (primary N) is 1. The minimum atomic E-state index is 0.268. The molecule has 18 heavy (non-hydrogen) atoms. The zero-order valence-electron chi connectivity index (χ0n) is 12.1. The molecule has 0 aliphatic rings. The number of hydrogen-bond acceptors (Lipinski definition) is 3. The Morgan fingerprint density at radius 1 is 1.28 bits per heavy atom. The lowest BCUT2D eigenvalue weighted by Gasteiger charge is -2.27. The van der Waals surface area contributed by atoms with Gasteiger partial charge in [0.15, 0.2) is 0 Å². The summed E-state index contributed by atoms with van der Waals surface area (Å²) in [6.45, 7) is 9.36. The molecule has 2 N–H and O–H groups in total. The van der Waals surface area contributed by atoms with Crippen LogP contribution in [0.4, 0.5) is 0 Å². The number of rotatable bonds is 7. The minimum Gasteiger partial charge on any atom is -0.380 e. The van der Waals surface area contributed by atoms with Crippen LogP contribution in [0.3, 0.4) is 0 Å². The van der Waals surface area contributed by atoms with Crippen molar-refractivity contribution in [2.75, 3.05) is 33.4 Å². The Bertz CT molecular complexity index is 366. The standard InChI is InChI=1S/C15H26N2O/c1-5-18-9-8-17(4)15(11-16)14-7-6-12(2)13(3)10-14/h6-7,10,15H,5,8-9,11,16H2,1-4H3. The summed E-state index contributed by atoms with van der Waals surface area (Å²) < 4.78 is 5.40. The Morgan fingerprint density at radius 3 is 2.56 bits per heavy atom. The van der Waals surface area contributed by atoms with Gasteiger partial charge in [-0.2, -0.15) is 0 Å². The normalized spacial score (nSPS) is 13.0. The van der Waals surface area contributed by atoms with Crippen molar-refractivity contribution < 1.29 is 4.74 Å². The van der Waals surface area contributed by atoms with Crippen LogP contribution in [0.2, 0.25) is 0 Å². The first kappa shape index (κ1) is 15.2. The van der Waals surface area contributed by atoms with Gasteiger partial charge in [-0.1, -0.05) is 18.2 Å². The molecular weight excluding hydrogens is 224 g/mol. The van der Waals surface area contributed by atoms with Gasteiger partial charge in [0.25, 0.3) is 0 Å². The molecule has 1 atom stereocenters. The van der Waals surface area contributed by atoms with Crippen LogP contribution in [0.15, 0.2) is 18.2 Å². The maximum atomic E-state index is 5.92. The van der Waals surface area contributed by atoms with Crippen LogP contribution in [0.25, 0.3) is 0 Å². The zero-order chi connectivity index (χ0) is 13.5. The van der Waals surface area contributed by atoms with Crippen molar-refractivity contribution in [2.45, 2.75) is 26.8 Å². The average molecular weight is 250 g/mol. The van der Waals surface area contributed by atoms with Crippen LogP contribution in [0, 0.1) is 13.8 Å². The van der Waals surface area contributed by atoms with Gasteiger partial charge in [-0.3, -0.25) is 4.90 Å². The highest BCUT2D eigenvalue weighted by molar-refractivity contribution is 5.31. The van der Waals surface area contributed by atoms with E-state index in [1.807, 2.05) is 6.92 Å². The Labute approximate surface area is 111 Å². The van der Waals surface area contributed by atoms with Crippen LogP contribution >= 0.6 is 0 Å². The molecule has 0 aliphatic carbocycles. The molecule has 0 saturated heterocycles. The summed E-state index contributed by atoms with van der Waals surface area (Å²) in [5.41, 5.74) is 9.86. The third-order valence-electron chi connectivity index (χ3n) is 3.46. The van der Waals surface area contributed by atoms with E-state index in [-0.39, 0.29) is 6.04 Å². The first-order chi connectivity index (χ1) is 8.60. The van der Waals surface area contributed by atoms with Crippen molar-refractivity contribution in [2.24, 2.45) is 5.73 Å². The first-order valence-electron chi connectivity index (χ1n) is 6.65. The number of ether oxygens (including phenoxy) is 1. The van der Waals surface area contributed by atoms with Crippen molar-refractivity contribution in [3.05, 3.63) is 34.9 Å². The molecule has 1 aromatic carbocycles. The van der Waals surface area contributed by atoms with Gasteiger partial charge >= 0.3 is 0 Å². The molecule has 0 saturated carbocycles. The van der Waals surface area contributed by atoms with Gasteiger partial charge < -0.3 is 10.5 Å². The lowest BCUT2D eigenvalue weighted by atomic mass is 10.0. The summed E-state index contributed by atoms with van der Waals surface area (Å²) in [5.74, 6) is 0. The number of likely N-dealkylation sites (N-methyl/N-ethyl adjacent to an activating group) is 1.